The SMILES string of the molecule is CCCN(CCC)C(=O)N(S)c1cc([N+](=O)[O-])cc([N+](=O)[O-])c1. The number of hydrogen-bond acceptors (Lipinski definition) is 6. The number of carbonyl (C=O) groups excluding carboxylic acids is 1. The predicted molar refractivity (Wildman–Crippen MR) is 88.8 cm³/mol. The molecule has 0 atom stereocenters. The lowest BCUT2D eigenvalue weighted by molar-refractivity contribution is -0.394. The van der Waals surface area contributed by atoms with E-state index in [-0.39, 0.29) is 5.69 Å². The number of carbonyl (C=O) groups is 1. The normalized spacial score (nSPS) is 10.2. The summed E-state index contributed by atoms with van der Waals surface area (Å²) in [5, 5.41) is 21.8. The van der Waals surface area contributed by atoms with Crippen LogP contribution in [0.4, 0.5) is 21.9 Å². The molecule has 0 saturated carbocycles. The molecule has 1 aromatic rings. The first-order chi connectivity index (χ1) is 10.8. The first-order valence-electron chi connectivity index (χ1n) is 7.03. The van der Waals surface area contributed by atoms with Crippen LogP contribution in [0.2, 0.25) is 0 Å². The number of benzene rings is 1. The van der Waals surface area contributed by atoms with Crippen molar-refractivity contribution in [1.82, 2.24) is 4.90 Å². The summed E-state index contributed by atoms with van der Waals surface area (Å²) in [6, 6.07) is 2.51. The number of thiol groups is 1. The molecule has 1 aromatic carbocycles. The lowest BCUT2D eigenvalue weighted by Gasteiger charge is -2.26. The number of anilines is 1. The largest absolute Gasteiger partial charge is 0.334 e. The number of urea groups is 1. The molecule has 23 heavy (non-hydrogen) atoms. The van der Waals surface area contributed by atoms with Gasteiger partial charge in [0.05, 0.1) is 21.6 Å². The van der Waals surface area contributed by atoms with Crippen molar-refractivity contribution in [2.24, 2.45) is 0 Å². The zero-order valence-electron chi connectivity index (χ0n) is 12.8. The van der Waals surface area contributed by atoms with Crippen LogP contribution in [0.25, 0.3) is 0 Å². The lowest BCUT2D eigenvalue weighted by Crippen LogP contribution is -2.39. The Morgan fingerprint density at radius 2 is 1.48 bits per heavy atom. The highest BCUT2D eigenvalue weighted by Gasteiger charge is 2.24. The molecule has 0 fully saturated rings. The molecule has 0 saturated heterocycles. The van der Waals surface area contributed by atoms with Crippen molar-refractivity contribution in [3.63, 3.8) is 0 Å². The van der Waals surface area contributed by atoms with Gasteiger partial charge < -0.3 is 4.90 Å². The number of hydrogen-bond donors (Lipinski definition) is 1. The van der Waals surface area contributed by atoms with Crippen LogP contribution in [0.5, 0.6) is 0 Å². The Hall–Kier alpha value is -2.36. The molecule has 0 N–H and O–H groups in total. The van der Waals surface area contributed by atoms with E-state index < -0.39 is 27.3 Å². The second-order valence-corrected chi connectivity index (χ2v) is 5.20. The molecule has 126 valence electrons. The predicted octanol–water partition coefficient (Wildman–Crippen LogP) is 3.40. The number of nitrogens with zero attached hydrogens (tertiary/aromatic N) is 4. The summed E-state index contributed by atoms with van der Waals surface area (Å²) in [5.41, 5.74) is -0.964. The van der Waals surface area contributed by atoms with E-state index >= 15 is 0 Å². The van der Waals surface area contributed by atoms with Gasteiger partial charge in [0, 0.05) is 25.2 Å². The van der Waals surface area contributed by atoms with E-state index in [1.165, 1.54) is 4.90 Å². The Bertz CT molecular complexity index is 572. The van der Waals surface area contributed by atoms with Gasteiger partial charge in [0.1, 0.15) is 0 Å². The molecular formula is C13H18N4O5S. The second kappa shape index (κ2) is 8.32. The van der Waals surface area contributed by atoms with Gasteiger partial charge in [-0.15, -0.1) is 0 Å². The topological polar surface area (TPSA) is 110 Å². The van der Waals surface area contributed by atoms with Gasteiger partial charge in [0.15, 0.2) is 0 Å². The summed E-state index contributed by atoms with van der Waals surface area (Å²) < 4.78 is 0.894. The van der Waals surface area contributed by atoms with Gasteiger partial charge in [-0.25, -0.2) is 9.10 Å². The highest BCUT2D eigenvalue weighted by Crippen LogP contribution is 2.30. The van der Waals surface area contributed by atoms with E-state index in [0.717, 1.165) is 35.3 Å². The number of rotatable bonds is 7. The molecule has 9 nitrogen and oxygen atoms in total. The Morgan fingerprint density at radius 1 is 1.04 bits per heavy atom. The molecule has 0 bridgehead atoms. The van der Waals surface area contributed by atoms with Gasteiger partial charge in [0.25, 0.3) is 11.4 Å². The summed E-state index contributed by atoms with van der Waals surface area (Å²) in [7, 11) is 0. The van der Waals surface area contributed by atoms with Crippen LogP contribution in [0.1, 0.15) is 26.7 Å². The van der Waals surface area contributed by atoms with E-state index in [4.69, 9.17) is 0 Å². The molecule has 0 aliphatic rings. The van der Waals surface area contributed by atoms with E-state index in [2.05, 4.69) is 12.8 Å². The maximum absolute atomic E-state index is 12.4. The van der Waals surface area contributed by atoms with Crippen LogP contribution < -0.4 is 4.31 Å². The average molecular weight is 342 g/mol. The highest BCUT2D eigenvalue weighted by molar-refractivity contribution is 7.82. The third-order valence-electron chi connectivity index (χ3n) is 2.99. The molecule has 0 spiro atoms. The molecule has 2 amide bonds. The maximum Gasteiger partial charge on any atom is 0.334 e. The van der Waals surface area contributed by atoms with E-state index in [1.807, 2.05) is 13.8 Å². The first kappa shape index (κ1) is 18.7. The summed E-state index contributed by atoms with van der Waals surface area (Å²) in [4.78, 5) is 34.3. The molecule has 0 aromatic heterocycles. The smallest absolute Gasteiger partial charge is 0.324 e. The fraction of sp³-hybridized carbons (Fsp3) is 0.462. The van der Waals surface area contributed by atoms with Crippen LogP contribution >= 0.6 is 12.8 Å². The first-order valence-corrected chi connectivity index (χ1v) is 7.43. The van der Waals surface area contributed by atoms with Gasteiger partial charge >= 0.3 is 6.03 Å². The minimum atomic E-state index is -0.752. The van der Waals surface area contributed by atoms with Crippen LogP contribution in [0.15, 0.2) is 18.2 Å². The van der Waals surface area contributed by atoms with Crippen molar-refractivity contribution >= 4 is 35.9 Å². The van der Waals surface area contributed by atoms with Gasteiger partial charge in [-0.3, -0.25) is 20.2 Å². The highest BCUT2D eigenvalue weighted by atomic mass is 32.1. The second-order valence-electron chi connectivity index (χ2n) is 4.80. The summed E-state index contributed by atoms with van der Waals surface area (Å²) in [6.45, 7) is 4.83. The zero-order valence-corrected chi connectivity index (χ0v) is 13.7. The minimum absolute atomic E-state index is 0.0172. The number of amides is 2. The number of nitro benzene ring substituents is 2. The lowest BCUT2D eigenvalue weighted by atomic mass is 10.2. The molecular weight excluding hydrogens is 324 g/mol. The number of non-ortho nitro benzene ring substituents is 2. The molecule has 1 rings (SSSR count). The molecule has 0 aliphatic carbocycles. The van der Waals surface area contributed by atoms with Crippen LogP contribution in [-0.4, -0.2) is 33.9 Å². The number of nitro groups is 2. The van der Waals surface area contributed by atoms with Crippen molar-refractivity contribution in [2.75, 3.05) is 17.4 Å². The van der Waals surface area contributed by atoms with Crippen LogP contribution in [-0.2, 0) is 0 Å². The fourth-order valence-corrected chi connectivity index (χ4v) is 2.24. The van der Waals surface area contributed by atoms with Crippen molar-refractivity contribution in [3.8, 4) is 0 Å². The van der Waals surface area contributed by atoms with Gasteiger partial charge in [0.2, 0.25) is 0 Å². The quantitative estimate of drug-likeness (QED) is 0.464. The van der Waals surface area contributed by atoms with E-state index in [9.17, 15) is 25.0 Å². The molecule has 0 heterocycles. The Labute approximate surface area is 138 Å². The van der Waals surface area contributed by atoms with Gasteiger partial charge in [-0.2, -0.15) is 0 Å². The summed E-state index contributed by atoms with van der Waals surface area (Å²) in [6.07, 6.45) is 1.48. The van der Waals surface area contributed by atoms with E-state index in [0.29, 0.717) is 13.1 Å². The average Bonchev–Trinajstić information content (AvgIpc) is 2.52. The molecule has 0 aliphatic heterocycles. The monoisotopic (exact) mass is 342 g/mol. The Balaban J connectivity index is 3.19. The third kappa shape index (κ3) is 4.81. The van der Waals surface area contributed by atoms with Gasteiger partial charge in [-0.05, 0) is 12.8 Å². The minimum Gasteiger partial charge on any atom is -0.324 e. The van der Waals surface area contributed by atoms with Crippen LogP contribution in [0, 0.1) is 20.2 Å². The Morgan fingerprint density at radius 3 is 1.83 bits per heavy atom. The maximum atomic E-state index is 12.4. The third-order valence-corrected chi connectivity index (χ3v) is 3.39. The van der Waals surface area contributed by atoms with E-state index in [1.54, 1.807) is 0 Å². The standard InChI is InChI=1S/C13H18N4O5S/c1-3-5-14(6-4-2)13(18)15(23)10-7-11(16(19)20)9-12(8-10)17(21)22/h7-9,23H,3-6H2,1-2H3. The molecule has 0 unspecified atom stereocenters. The van der Waals surface area contributed by atoms with Gasteiger partial charge in [-0.1, -0.05) is 26.7 Å². The fourth-order valence-electron chi connectivity index (χ4n) is 2.00. The Kier molecular flexibility index (Phi) is 6.76. The molecule has 10 heteroatoms. The molecule has 0 radical (unpaired) electrons. The van der Waals surface area contributed by atoms with Crippen molar-refractivity contribution in [2.45, 2.75) is 26.7 Å². The summed E-state index contributed by atoms with van der Waals surface area (Å²) in [5.74, 6) is 0. The van der Waals surface area contributed by atoms with Crippen molar-refractivity contribution in [1.29, 1.82) is 0 Å². The van der Waals surface area contributed by atoms with Crippen molar-refractivity contribution in [3.05, 3.63) is 38.4 Å². The zero-order chi connectivity index (χ0) is 17.6. The summed E-state index contributed by atoms with van der Waals surface area (Å²) >= 11 is 4.07. The van der Waals surface area contributed by atoms with Crippen LogP contribution in [0.3, 0.4) is 0 Å². The van der Waals surface area contributed by atoms with Crippen molar-refractivity contribution < 1.29 is 14.6 Å².